The second-order valence-corrected chi connectivity index (χ2v) is 5.76. The highest BCUT2D eigenvalue weighted by molar-refractivity contribution is 5.96. The van der Waals surface area contributed by atoms with Gasteiger partial charge in [-0.25, -0.2) is 0 Å². The van der Waals surface area contributed by atoms with E-state index in [1.807, 2.05) is 6.07 Å². The second-order valence-electron chi connectivity index (χ2n) is 5.76. The summed E-state index contributed by atoms with van der Waals surface area (Å²) >= 11 is 0. The SMILES string of the molecule is COc1nc(N)nc(N(C)[C@@H](C)C(=O)Nc2cccc(C(F)(F)F)c2)c1C#N. The van der Waals surface area contributed by atoms with Crippen molar-refractivity contribution in [2.75, 3.05) is 30.1 Å². The number of nitriles is 1. The Morgan fingerprint density at radius 3 is 2.64 bits per heavy atom. The molecule has 2 aromatic rings. The van der Waals surface area contributed by atoms with Crippen LogP contribution < -0.4 is 20.7 Å². The van der Waals surface area contributed by atoms with E-state index in [-0.39, 0.29) is 28.9 Å². The minimum absolute atomic E-state index is 0.0136. The molecule has 3 N–H and O–H groups in total. The van der Waals surface area contributed by atoms with E-state index < -0.39 is 23.7 Å². The maximum atomic E-state index is 12.8. The maximum absolute atomic E-state index is 12.8. The van der Waals surface area contributed by atoms with Crippen LogP contribution in [0.5, 0.6) is 5.88 Å². The van der Waals surface area contributed by atoms with E-state index in [4.69, 9.17) is 10.5 Å². The van der Waals surface area contributed by atoms with Crippen molar-refractivity contribution in [1.82, 2.24) is 9.97 Å². The minimum Gasteiger partial charge on any atom is -0.480 e. The van der Waals surface area contributed by atoms with Crippen LogP contribution >= 0.6 is 0 Å². The van der Waals surface area contributed by atoms with Gasteiger partial charge < -0.3 is 20.7 Å². The number of hydrogen-bond donors (Lipinski definition) is 2. The molecule has 0 aliphatic rings. The number of nitrogens with zero attached hydrogens (tertiary/aromatic N) is 4. The van der Waals surface area contributed by atoms with E-state index in [1.54, 1.807) is 0 Å². The van der Waals surface area contributed by atoms with E-state index >= 15 is 0 Å². The lowest BCUT2D eigenvalue weighted by Gasteiger charge is -2.26. The van der Waals surface area contributed by atoms with Crippen molar-refractivity contribution >= 4 is 23.4 Å². The number of carbonyl (C=O) groups is 1. The number of nitrogens with two attached hydrogens (primary N) is 1. The molecule has 1 amide bonds. The van der Waals surface area contributed by atoms with Crippen molar-refractivity contribution in [3.63, 3.8) is 0 Å². The van der Waals surface area contributed by atoms with Gasteiger partial charge >= 0.3 is 6.18 Å². The molecule has 0 radical (unpaired) electrons. The first-order valence-corrected chi connectivity index (χ1v) is 7.91. The molecule has 1 aromatic heterocycles. The number of ether oxygens (including phenoxy) is 1. The average Bonchev–Trinajstić information content (AvgIpc) is 2.65. The molecule has 0 saturated carbocycles. The predicted octanol–water partition coefficient (Wildman–Crippen LogP) is 2.42. The number of rotatable bonds is 5. The first-order chi connectivity index (χ1) is 13.1. The summed E-state index contributed by atoms with van der Waals surface area (Å²) in [6.45, 7) is 1.49. The van der Waals surface area contributed by atoms with Crippen molar-refractivity contribution in [3.05, 3.63) is 35.4 Å². The number of carbonyl (C=O) groups excluding carboxylic acids is 1. The van der Waals surface area contributed by atoms with Gasteiger partial charge in [0.2, 0.25) is 17.7 Å². The highest BCUT2D eigenvalue weighted by Crippen LogP contribution is 2.31. The van der Waals surface area contributed by atoms with Crippen molar-refractivity contribution in [2.45, 2.75) is 19.1 Å². The third kappa shape index (κ3) is 4.40. The number of halogens is 3. The lowest BCUT2D eigenvalue weighted by molar-refractivity contribution is -0.137. The highest BCUT2D eigenvalue weighted by Gasteiger charge is 2.31. The van der Waals surface area contributed by atoms with Gasteiger partial charge in [-0.15, -0.1) is 0 Å². The number of aromatic nitrogens is 2. The van der Waals surface area contributed by atoms with Crippen LogP contribution in [0.1, 0.15) is 18.1 Å². The van der Waals surface area contributed by atoms with E-state index in [0.717, 1.165) is 12.1 Å². The number of amides is 1. The van der Waals surface area contributed by atoms with Crippen LogP contribution in [-0.4, -0.2) is 36.1 Å². The molecule has 8 nitrogen and oxygen atoms in total. The predicted molar refractivity (Wildman–Crippen MR) is 95.7 cm³/mol. The third-order valence-electron chi connectivity index (χ3n) is 3.93. The molecule has 2 rings (SSSR count). The molecule has 0 saturated heterocycles. The molecule has 28 heavy (non-hydrogen) atoms. The quantitative estimate of drug-likeness (QED) is 0.800. The first kappa shape index (κ1) is 20.8. The minimum atomic E-state index is -4.53. The lowest BCUT2D eigenvalue weighted by atomic mass is 10.2. The first-order valence-electron chi connectivity index (χ1n) is 7.91. The molecule has 1 heterocycles. The normalized spacial score (nSPS) is 12.0. The Morgan fingerprint density at radius 2 is 2.07 bits per heavy atom. The summed E-state index contributed by atoms with van der Waals surface area (Å²) < 4.78 is 43.5. The third-order valence-corrected chi connectivity index (χ3v) is 3.93. The number of benzene rings is 1. The number of alkyl halides is 3. The monoisotopic (exact) mass is 394 g/mol. The zero-order valence-electron chi connectivity index (χ0n) is 15.2. The van der Waals surface area contributed by atoms with Gasteiger partial charge in [0.1, 0.15) is 12.1 Å². The van der Waals surface area contributed by atoms with Crippen molar-refractivity contribution < 1.29 is 22.7 Å². The summed E-state index contributed by atoms with van der Waals surface area (Å²) in [4.78, 5) is 21.6. The molecule has 0 unspecified atom stereocenters. The average molecular weight is 394 g/mol. The Balaban J connectivity index is 2.27. The van der Waals surface area contributed by atoms with Gasteiger partial charge in [-0.05, 0) is 25.1 Å². The van der Waals surface area contributed by atoms with Crippen LogP contribution in [0.3, 0.4) is 0 Å². The van der Waals surface area contributed by atoms with E-state index in [1.165, 1.54) is 38.1 Å². The summed E-state index contributed by atoms with van der Waals surface area (Å²) in [7, 11) is 2.79. The van der Waals surface area contributed by atoms with Crippen molar-refractivity contribution in [1.29, 1.82) is 5.26 Å². The van der Waals surface area contributed by atoms with Crippen molar-refractivity contribution in [3.8, 4) is 11.9 Å². The molecule has 1 atom stereocenters. The smallest absolute Gasteiger partial charge is 0.416 e. The number of anilines is 3. The molecule has 0 aliphatic carbocycles. The number of nitrogen functional groups attached to an aromatic ring is 1. The molecular weight excluding hydrogens is 377 g/mol. The Kier molecular flexibility index (Phi) is 5.93. The van der Waals surface area contributed by atoms with E-state index in [0.29, 0.717) is 0 Å². The van der Waals surface area contributed by atoms with Gasteiger partial charge in [0, 0.05) is 12.7 Å². The zero-order chi connectivity index (χ0) is 21.1. The van der Waals surface area contributed by atoms with Crippen LogP contribution in [-0.2, 0) is 11.0 Å². The molecule has 148 valence electrons. The van der Waals surface area contributed by atoms with Crippen LogP contribution in [0, 0.1) is 11.3 Å². The molecule has 0 aliphatic heterocycles. The topological polar surface area (TPSA) is 117 Å². The van der Waals surface area contributed by atoms with E-state index in [9.17, 15) is 23.2 Å². The Bertz CT molecular complexity index is 926. The number of nitrogens with one attached hydrogen (secondary N) is 1. The number of likely N-dealkylation sites (N-methyl/N-ethyl adjacent to an activating group) is 1. The van der Waals surface area contributed by atoms with Crippen molar-refractivity contribution in [2.24, 2.45) is 0 Å². The fourth-order valence-electron chi connectivity index (χ4n) is 2.33. The lowest BCUT2D eigenvalue weighted by Crippen LogP contribution is -2.40. The summed E-state index contributed by atoms with van der Waals surface area (Å²) in [6, 6.07) is 5.25. The number of hydrogen-bond acceptors (Lipinski definition) is 7. The van der Waals surface area contributed by atoms with Gasteiger partial charge in [-0.1, -0.05) is 6.07 Å². The van der Waals surface area contributed by atoms with Gasteiger partial charge in [0.05, 0.1) is 12.7 Å². The number of methoxy groups -OCH3 is 1. The van der Waals surface area contributed by atoms with Crippen LogP contribution in [0.15, 0.2) is 24.3 Å². The second kappa shape index (κ2) is 7.99. The van der Waals surface area contributed by atoms with Gasteiger partial charge in [0.15, 0.2) is 11.4 Å². The summed E-state index contributed by atoms with van der Waals surface area (Å²) in [5.41, 5.74) is 4.68. The highest BCUT2D eigenvalue weighted by atomic mass is 19.4. The Morgan fingerprint density at radius 1 is 1.39 bits per heavy atom. The largest absolute Gasteiger partial charge is 0.480 e. The molecule has 0 fully saturated rings. The molecular formula is C17H17F3N6O2. The van der Waals surface area contributed by atoms with Crippen LogP contribution in [0.25, 0.3) is 0 Å². The molecule has 1 aromatic carbocycles. The summed E-state index contributed by atoms with van der Waals surface area (Å²) in [6.07, 6.45) is -4.53. The summed E-state index contributed by atoms with van der Waals surface area (Å²) in [5.74, 6) is -0.772. The maximum Gasteiger partial charge on any atom is 0.416 e. The fraction of sp³-hybridized carbons (Fsp3) is 0.294. The van der Waals surface area contributed by atoms with Gasteiger partial charge in [0.25, 0.3) is 0 Å². The standard InChI is InChI=1S/C17H17F3N6O2/c1-9(14(27)23-11-6-4-5-10(7-11)17(18,19)20)26(2)13-12(8-21)15(28-3)25-16(22)24-13/h4-7,9H,1-3H3,(H,23,27)(H2,22,24,25)/t9-/m0/s1. The zero-order valence-corrected chi connectivity index (χ0v) is 15.2. The van der Waals surface area contributed by atoms with E-state index in [2.05, 4.69) is 15.3 Å². The Labute approximate surface area is 158 Å². The molecule has 0 bridgehead atoms. The van der Waals surface area contributed by atoms with Gasteiger partial charge in [-0.2, -0.15) is 28.4 Å². The molecule has 11 heteroatoms. The van der Waals surface area contributed by atoms with Crippen LogP contribution in [0.2, 0.25) is 0 Å². The summed E-state index contributed by atoms with van der Waals surface area (Å²) in [5, 5.41) is 11.8. The van der Waals surface area contributed by atoms with Gasteiger partial charge in [-0.3, -0.25) is 4.79 Å². The molecule has 0 spiro atoms. The van der Waals surface area contributed by atoms with Crippen LogP contribution in [0.4, 0.5) is 30.6 Å². The fourth-order valence-corrected chi connectivity index (χ4v) is 2.33. The Hall–Kier alpha value is -3.55.